The predicted octanol–water partition coefficient (Wildman–Crippen LogP) is -1.07. The normalized spacial score (nSPS) is 18.1. The summed E-state index contributed by atoms with van der Waals surface area (Å²) in [7, 11) is 1.55. The second kappa shape index (κ2) is 3.53. The molecule has 0 aromatic rings. The zero-order valence-corrected chi connectivity index (χ0v) is 6.02. The summed E-state index contributed by atoms with van der Waals surface area (Å²) in [6.07, 6.45) is 0. The molecule has 0 radical (unpaired) electrons. The van der Waals surface area contributed by atoms with E-state index in [2.05, 4.69) is 15.4 Å². The zero-order valence-electron chi connectivity index (χ0n) is 6.02. The molecule has 1 aliphatic heterocycles. The van der Waals surface area contributed by atoms with Crippen LogP contribution >= 0.6 is 0 Å². The van der Waals surface area contributed by atoms with E-state index in [4.69, 9.17) is 0 Å². The molecule has 0 saturated carbocycles. The van der Waals surface area contributed by atoms with E-state index in [1.54, 1.807) is 7.11 Å². The zero-order chi connectivity index (χ0) is 7.40. The van der Waals surface area contributed by atoms with E-state index in [0.717, 1.165) is 13.1 Å². The minimum atomic E-state index is 0.0839. The SMILES string of the molecule is COCNC(=O)C1CNC1. The van der Waals surface area contributed by atoms with Crippen LogP contribution in [-0.4, -0.2) is 32.8 Å². The summed E-state index contributed by atoms with van der Waals surface area (Å²) in [5.41, 5.74) is 0. The highest BCUT2D eigenvalue weighted by atomic mass is 16.5. The van der Waals surface area contributed by atoms with E-state index in [9.17, 15) is 4.79 Å². The number of carbonyl (C=O) groups excluding carboxylic acids is 1. The third-order valence-electron chi connectivity index (χ3n) is 1.54. The van der Waals surface area contributed by atoms with Crippen LogP contribution in [0.25, 0.3) is 0 Å². The van der Waals surface area contributed by atoms with Crippen LogP contribution in [0, 0.1) is 5.92 Å². The summed E-state index contributed by atoms with van der Waals surface area (Å²) in [5.74, 6) is 0.246. The van der Waals surface area contributed by atoms with Gasteiger partial charge in [0, 0.05) is 20.2 Å². The fraction of sp³-hybridized carbons (Fsp3) is 0.833. The summed E-state index contributed by atoms with van der Waals surface area (Å²) in [6, 6.07) is 0. The van der Waals surface area contributed by atoms with Gasteiger partial charge in [0.15, 0.2) is 0 Å². The van der Waals surface area contributed by atoms with E-state index in [0.29, 0.717) is 6.73 Å². The summed E-state index contributed by atoms with van der Waals surface area (Å²) in [4.78, 5) is 11.0. The average molecular weight is 144 g/mol. The molecule has 1 fully saturated rings. The van der Waals surface area contributed by atoms with Crippen LogP contribution in [0.5, 0.6) is 0 Å². The molecular formula is C6H12N2O2. The lowest BCUT2D eigenvalue weighted by Gasteiger charge is -2.25. The van der Waals surface area contributed by atoms with Crippen LogP contribution in [0.3, 0.4) is 0 Å². The number of hydrogen-bond acceptors (Lipinski definition) is 3. The maximum absolute atomic E-state index is 11.0. The maximum Gasteiger partial charge on any atom is 0.227 e. The van der Waals surface area contributed by atoms with Gasteiger partial charge in [-0.3, -0.25) is 4.79 Å². The molecule has 58 valence electrons. The maximum atomic E-state index is 11.0. The van der Waals surface area contributed by atoms with Gasteiger partial charge < -0.3 is 15.4 Å². The van der Waals surface area contributed by atoms with Gasteiger partial charge in [0.1, 0.15) is 6.73 Å². The smallest absolute Gasteiger partial charge is 0.227 e. The first-order valence-electron chi connectivity index (χ1n) is 3.32. The molecule has 0 aromatic carbocycles. The van der Waals surface area contributed by atoms with Gasteiger partial charge in [0.2, 0.25) is 5.91 Å². The van der Waals surface area contributed by atoms with Crippen molar-refractivity contribution in [1.29, 1.82) is 0 Å². The summed E-state index contributed by atoms with van der Waals surface area (Å²) in [6.45, 7) is 1.92. The molecule has 1 heterocycles. The third kappa shape index (κ3) is 1.68. The fourth-order valence-corrected chi connectivity index (χ4v) is 0.762. The second-order valence-electron chi connectivity index (χ2n) is 2.33. The van der Waals surface area contributed by atoms with Gasteiger partial charge in [-0.2, -0.15) is 0 Å². The molecule has 10 heavy (non-hydrogen) atoms. The van der Waals surface area contributed by atoms with E-state index >= 15 is 0 Å². The topological polar surface area (TPSA) is 50.4 Å². The minimum absolute atomic E-state index is 0.0839. The molecule has 4 heteroatoms. The molecule has 0 spiro atoms. The largest absolute Gasteiger partial charge is 0.364 e. The molecule has 4 nitrogen and oxygen atoms in total. The molecule has 0 unspecified atom stereocenters. The summed E-state index contributed by atoms with van der Waals surface area (Å²) in [5, 5.41) is 5.65. The molecule has 1 rings (SSSR count). The van der Waals surface area contributed by atoms with Crippen molar-refractivity contribution in [2.45, 2.75) is 0 Å². The van der Waals surface area contributed by atoms with Crippen LogP contribution in [0.15, 0.2) is 0 Å². The lowest BCUT2D eigenvalue weighted by Crippen LogP contribution is -2.51. The van der Waals surface area contributed by atoms with Crippen molar-refractivity contribution in [3.63, 3.8) is 0 Å². The van der Waals surface area contributed by atoms with E-state index < -0.39 is 0 Å². The van der Waals surface area contributed by atoms with Gasteiger partial charge in [-0.25, -0.2) is 0 Å². The van der Waals surface area contributed by atoms with Crippen LogP contribution in [0.2, 0.25) is 0 Å². The first-order valence-corrected chi connectivity index (χ1v) is 3.32. The highest BCUT2D eigenvalue weighted by Crippen LogP contribution is 2.01. The van der Waals surface area contributed by atoms with Gasteiger partial charge in [0.25, 0.3) is 0 Å². The third-order valence-corrected chi connectivity index (χ3v) is 1.54. The number of carbonyl (C=O) groups is 1. The van der Waals surface area contributed by atoms with Crippen LogP contribution < -0.4 is 10.6 Å². The molecule has 0 atom stereocenters. The van der Waals surface area contributed by atoms with Crippen molar-refractivity contribution in [1.82, 2.24) is 10.6 Å². The monoisotopic (exact) mass is 144 g/mol. The Balaban J connectivity index is 2.08. The molecule has 1 aliphatic rings. The number of methoxy groups -OCH3 is 1. The molecule has 0 aromatic heterocycles. The molecule has 0 aliphatic carbocycles. The first-order chi connectivity index (χ1) is 4.84. The summed E-state index contributed by atoms with van der Waals surface area (Å²) >= 11 is 0. The minimum Gasteiger partial charge on any atom is -0.364 e. The Morgan fingerprint density at radius 3 is 2.90 bits per heavy atom. The molecular weight excluding hydrogens is 132 g/mol. The average Bonchev–Trinajstić information content (AvgIpc) is 1.79. The van der Waals surface area contributed by atoms with Gasteiger partial charge >= 0.3 is 0 Å². The Morgan fingerprint density at radius 2 is 2.50 bits per heavy atom. The van der Waals surface area contributed by atoms with E-state index in [1.165, 1.54) is 0 Å². The van der Waals surface area contributed by atoms with Crippen molar-refractivity contribution in [3.05, 3.63) is 0 Å². The van der Waals surface area contributed by atoms with Crippen LogP contribution in [0.1, 0.15) is 0 Å². The van der Waals surface area contributed by atoms with Crippen molar-refractivity contribution < 1.29 is 9.53 Å². The molecule has 0 bridgehead atoms. The Labute approximate surface area is 59.9 Å². The lowest BCUT2D eigenvalue weighted by atomic mass is 10.0. The Hall–Kier alpha value is -0.610. The van der Waals surface area contributed by atoms with Crippen molar-refractivity contribution in [2.75, 3.05) is 26.9 Å². The Kier molecular flexibility index (Phi) is 2.65. The fourth-order valence-electron chi connectivity index (χ4n) is 0.762. The van der Waals surface area contributed by atoms with Crippen LogP contribution in [0.4, 0.5) is 0 Å². The molecule has 1 amide bonds. The predicted molar refractivity (Wildman–Crippen MR) is 36.4 cm³/mol. The van der Waals surface area contributed by atoms with E-state index in [1.807, 2.05) is 0 Å². The highest BCUT2D eigenvalue weighted by Gasteiger charge is 2.23. The number of rotatable bonds is 3. The number of ether oxygens (including phenoxy) is 1. The van der Waals surface area contributed by atoms with Gasteiger partial charge in [-0.1, -0.05) is 0 Å². The van der Waals surface area contributed by atoms with Crippen LogP contribution in [-0.2, 0) is 9.53 Å². The number of hydrogen-bond donors (Lipinski definition) is 2. The Morgan fingerprint density at radius 1 is 1.80 bits per heavy atom. The number of amides is 1. The van der Waals surface area contributed by atoms with Crippen molar-refractivity contribution in [2.24, 2.45) is 5.92 Å². The molecule has 1 saturated heterocycles. The number of nitrogens with one attached hydrogen (secondary N) is 2. The molecule has 2 N–H and O–H groups in total. The quantitative estimate of drug-likeness (QED) is 0.496. The van der Waals surface area contributed by atoms with Crippen molar-refractivity contribution >= 4 is 5.91 Å². The lowest BCUT2D eigenvalue weighted by molar-refractivity contribution is -0.127. The highest BCUT2D eigenvalue weighted by molar-refractivity contribution is 5.79. The van der Waals surface area contributed by atoms with Gasteiger partial charge in [-0.05, 0) is 0 Å². The van der Waals surface area contributed by atoms with Gasteiger partial charge in [-0.15, -0.1) is 0 Å². The standard InChI is InChI=1S/C6H12N2O2/c1-10-4-8-6(9)5-2-7-3-5/h5,7H,2-4H2,1H3,(H,8,9). The van der Waals surface area contributed by atoms with Crippen molar-refractivity contribution in [3.8, 4) is 0 Å². The Bertz CT molecular complexity index is 123. The second-order valence-corrected chi connectivity index (χ2v) is 2.33. The summed E-state index contributed by atoms with van der Waals surface area (Å²) < 4.78 is 4.68. The van der Waals surface area contributed by atoms with Gasteiger partial charge in [0.05, 0.1) is 5.92 Å². The van der Waals surface area contributed by atoms with E-state index in [-0.39, 0.29) is 11.8 Å². The first kappa shape index (κ1) is 7.50.